The number of ether oxygens (including phenoxy) is 1. The highest BCUT2D eigenvalue weighted by Gasteiger charge is 2.24. The number of carbonyl (C=O) groups excluding carboxylic acids is 2. The standard InChI is InChI=1S/C25H24N4O5/c30-23(26-16-19-5-2-14-32-19)17-34-20-6-1-4-18-8-9-22(27-24(18)20)28-10-12-29(13-11-28)25(31)21-7-3-15-33-21/h1-9,14-15H,10-13,16-17H2,(H,26,30). The Hall–Kier alpha value is -4.27. The molecular weight excluding hydrogens is 436 g/mol. The van der Waals surface area contributed by atoms with Gasteiger partial charge < -0.3 is 28.7 Å². The number of hydrogen-bond donors (Lipinski definition) is 1. The summed E-state index contributed by atoms with van der Waals surface area (Å²) in [6, 6.07) is 16.5. The SMILES string of the molecule is O=C(COc1cccc2ccc(N3CCN(C(=O)c4ccco4)CC3)nc12)NCc1ccco1. The maximum absolute atomic E-state index is 12.5. The number of hydrogen-bond acceptors (Lipinski definition) is 7. The van der Waals surface area contributed by atoms with E-state index in [4.69, 9.17) is 18.6 Å². The molecule has 4 aromatic rings. The predicted octanol–water partition coefficient (Wildman–Crippen LogP) is 3.08. The molecule has 4 heterocycles. The molecule has 1 N–H and O–H groups in total. The molecule has 2 amide bonds. The summed E-state index contributed by atoms with van der Waals surface area (Å²) in [5.41, 5.74) is 0.688. The summed E-state index contributed by atoms with van der Waals surface area (Å²) < 4.78 is 16.2. The average Bonchev–Trinajstić information content (AvgIpc) is 3.60. The number of nitrogens with zero attached hydrogens (tertiary/aromatic N) is 3. The molecule has 9 nitrogen and oxygen atoms in total. The first kappa shape index (κ1) is 21.6. The fourth-order valence-corrected chi connectivity index (χ4v) is 3.89. The lowest BCUT2D eigenvalue weighted by atomic mass is 10.2. The minimum Gasteiger partial charge on any atom is -0.481 e. The molecule has 9 heteroatoms. The van der Waals surface area contributed by atoms with E-state index in [1.165, 1.54) is 6.26 Å². The Balaban J connectivity index is 1.23. The summed E-state index contributed by atoms with van der Waals surface area (Å²) in [5, 5.41) is 3.68. The van der Waals surface area contributed by atoms with Gasteiger partial charge in [-0.1, -0.05) is 12.1 Å². The highest BCUT2D eigenvalue weighted by molar-refractivity contribution is 5.91. The molecule has 1 aromatic carbocycles. The first-order valence-electron chi connectivity index (χ1n) is 11.1. The van der Waals surface area contributed by atoms with Gasteiger partial charge >= 0.3 is 0 Å². The summed E-state index contributed by atoms with van der Waals surface area (Å²) in [5.74, 6) is 2.03. The summed E-state index contributed by atoms with van der Waals surface area (Å²) in [4.78, 5) is 33.4. The molecule has 1 fully saturated rings. The van der Waals surface area contributed by atoms with Gasteiger partial charge in [-0.25, -0.2) is 4.98 Å². The number of benzene rings is 1. The molecule has 3 aromatic heterocycles. The Kier molecular flexibility index (Phi) is 6.15. The summed E-state index contributed by atoms with van der Waals surface area (Å²) in [6.45, 7) is 2.65. The summed E-state index contributed by atoms with van der Waals surface area (Å²) in [7, 11) is 0. The van der Waals surface area contributed by atoms with Crippen molar-refractivity contribution in [1.29, 1.82) is 0 Å². The molecule has 174 valence electrons. The fourth-order valence-electron chi connectivity index (χ4n) is 3.89. The monoisotopic (exact) mass is 460 g/mol. The van der Waals surface area contributed by atoms with Gasteiger partial charge in [0.1, 0.15) is 22.8 Å². The molecule has 0 spiro atoms. The largest absolute Gasteiger partial charge is 0.481 e. The van der Waals surface area contributed by atoms with E-state index in [0.717, 1.165) is 11.2 Å². The van der Waals surface area contributed by atoms with Gasteiger partial charge in [0.15, 0.2) is 12.4 Å². The molecule has 34 heavy (non-hydrogen) atoms. The molecule has 0 radical (unpaired) electrons. The summed E-state index contributed by atoms with van der Waals surface area (Å²) in [6.07, 6.45) is 3.07. The van der Waals surface area contributed by atoms with Crippen LogP contribution in [0.2, 0.25) is 0 Å². The van der Waals surface area contributed by atoms with Crippen LogP contribution in [0.3, 0.4) is 0 Å². The third-order valence-electron chi connectivity index (χ3n) is 5.69. The van der Waals surface area contributed by atoms with E-state index in [2.05, 4.69) is 10.2 Å². The number of carbonyl (C=O) groups is 2. The number of aromatic nitrogens is 1. The van der Waals surface area contributed by atoms with Crippen LogP contribution in [0.25, 0.3) is 10.9 Å². The lowest BCUT2D eigenvalue weighted by Crippen LogP contribution is -2.49. The lowest BCUT2D eigenvalue weighted by Gasteiger charge is -2.35. The third-order valence-corrected chi connectivity index (χ3v) is 5.69. The van der Waals surface area contributed by atoms with Crippen molar-refractivity contribution < 1.29 is 23.2 Å². The van der Waals surface area contributed by atoms with Crippen molar-refractivity contribution in [2.24, 2.45) is 0 Å². The number of fused-ring (bicyclic) bond motifs is 1. The maximum atomic E-state index is 12.5. The molecule has 0 atom stereocenters. The molecular formula is C25H24N4O5. The zero-order valence-electron chi connectivity index (χ0n) is 18.5. The topological polar surface area (TPSA) is 101 Å². The molecule has 0 unspecified atom stereocenters. The van der Waals surface area contributed by atoms with E-state index in [1.807, 2.05) is 24.3 Å². The quantitative estimate of drug-likeness (QED) is 0.452. The number of anilines is 1. The summed E-state index contributed by atoms with van der Waals surface area (Å²) >= 11 is 0. The van der Waals surface area contributed by atoms with E-state index in [9.17, 15) is 9.59 Å². The van der Waals surface area contributed by atoms with E-state index in [-0.39, 0.29) is 18.4 Å². The van der Waals surface area contributed by atoms with Crippen LogP contribution in [0.15, 0.2) is 76.0 Å². The van der Waals surface area contributed by atoms with Crippen molar-refractivity contribution in [3.8, 4) is 5.75 Å². The maximum Gasteiger partial charge on any atom is 0.289 e. The second-order valence-corrected chi connectivity index (χ2v) is 7.90. The Morgan fingerprint density at radius 3 is 2.53 bits per heavy atom. The molecule has 0 aliphatic carbocycles. The van der Waals surface area contributed by atoms with Crippen LogP contribution in [0, 0.1) is 0 Å². The van der Waals surface area contributed by atoms with Gasteiger partial charge in [0.2, 0.25) is 0 Å². The third kappa shape index (κ3) is 4.73. The van der Waals surface area contributed by atoms with Gasteiger partial charge in [0, 0.05) is 31.6 Å². The van der Waals surface area contributed by atoms with Crippen LogP contribution in [0.4, 0.5) is 5.82 Å². The molecule has 0 saturated carbocycles. The Morgan fingerprint density at radius 1 is 0.941 bits per heavy atom. The van der Waals surface area contributed by atoms with E-state index in [1.54, 1.807) is 41.5 Å². The van der Waals surface area contributed by atoms with E-state index < -0.39 is 0 Å². The normalized spacial score (nSPS) is 13.8. The second kappa shape index (κ2) is 9.70. The van der Waals surface area contributed by atoms with E-state index >= 15 is 0 Å². The first-order chi connectivity index (χ1) is 16.7. The lowest BCUT2D eigenvalue weighted by molar-refractivity contribution is -0.123. The smallest absolute Gasteiger partial charge is 0.289 e. The number of amides is 2. The van der Waals surface area contributed by atoms with Crippen LogP contribution >= 0.6 is 0 Å². The zero-order valence-corrected chi connectivity index (χ0v) is 18.5. The van der Waals surface area contributed by atoms with Gasteiger partial charge in [-0.3, -0.25) is 9.59 Å². The van der Waals surface area contributed by atoms with Crippen LogP contribution in [-0.2, 0) is 11.3 Å². The van der Waals surface area contributed by atoms with E-state index in [0.29, 0.717) is 55.5 Å². The van der Waals surface area contributed by atoms with Crippen LogP contribution in [0.5, 0.6) is 5.75 Å². The van der Waals surface area contributed by atoms with Crippen molar-refractivity contribution in [1.82, 2.24) is 15.2 Å². The number of furan rings is 2. The zero-order chi connectivity index (χ0) is 23.3. The molecule has 5 rings (SSSR count). The number of pyridine rings is 1. The number of piperazine rings is 1. The van der Waals surface area contributed by atoms with Crippen molar-refractivity contribution in [3.63, 3.8) is 0 Å². The Morgan fingerprint density at radius 2 is 1.76 bits per heavy atom. The average molecular weight is 460 g/mol. The highest BCUT2D eigenvalue weighted by atomic mass is 16.5. The molecule has 1 saturated heterocycles. The molecule has 0 bridgehead atoms. The minimum absolute atomic E-state index is 0.0999. The van der Waals surface area contributed by atoms with Gasteiger partial charge in [-0.2, -0.15) is 0 Å². The second-order valence-electron chi connectivity index (χ2n) is 7.90. The van der Waals surface area contributed by atoms with Gasteiger partial charge in [-0.15, -0.1) is 0 Å². The van der Waals surface area contributed by atoms with Crippen LogP contribution in [0.1, 0.15) is 16.3 Å². The van der Waals surface area contributed by atoms with Gasteiger partial charge in [0.25, 0.3) is 11.8 Å². The van der Waals surface area contributed by atoms with Crippen LogP contribution in [-0.4, -0.2) is 54.5 Å². The Labute approximate surface area is 195 Å². The van der Waals surface area contributed by atoms with Gasteiger partial charge in [-0.05, 0) is 42.5 Å². The van der Waals surface area contributed by atoms with Crippen molar-refractivity contribution in [2.45, 2.75) is 6.54 Å². The highest BCUT2D eigenvalue weighted by Crippen LogP contribution is 2.27. The van der Waals surface area contributed by atoms with Crippen molar-refractivity contribution >= 4 is 28.5 Å². The number of para-hydroxylation sites is 1. The number of nitrogens with one attached hydrogen (secondary N) is 1. The van der Waals surface area contributed by atoms with Crippen molar-refractivity contribution in [2.75, 3.05) is 37.7 Å². The fraction of sp³-hybridized carbons (Fsp3) is 0.240. The number of rotatable bonds is 7. The molecule has 1 aliphatic rings. The molecule has 1 aliphatic heterocycles. The van der Waals surface area contributed by atoms with Gasteiger partial charge in [0.05, 0.1) is 19.1 Å². The van der Waals surface area contributed by atoms with Crippen LogP contribution < -0.4 is 15.0 Å². The minimum atomic E-state index is -0.248. The first-order valence-corrected chi connectivity index (χ1v) is 11.1. The predicted molar refractivity (Wildman–Crippen MR) is 125 cm³/mol. The van der Waals surface area contributed by atoms with Crippen molar-refractivity contribution in [3.05, 3.63) is 78.6 Å². The Bertz CT molecular complexity index is 1260.